The van der Waals surface area contributed by atoms with E-state index in [0.717, 1.165) is 10.5 Å². The highest BCUT2D eigenvalue weighted by atomic mass is 32.2. The molecule has 0 aliphatic carbocycles. The topological polar surface area (TPSA) is 78.0 Å². The third-order valence-electron chi connectivity index (χ3n) is 5.44. The van der Waals surface area contributed by atoms with Crippen LogP contribution >= 0.6 is 11.8 Å². The Kier molecular flexibility index (Phi) is 8.56. The van der Waals surface area contributed by atoms with Crippen LogP contribution in [0.1, 0.15) is 32.3 Å². The summed E-state index contributed by atoms with van der Waals surface area (Å²) in [5, 5.41) is 0. The minimum absolute atomic E-state index is 0.132. The smallest absolute Gasteiger partial charge is 0.243 e. The average Bonchev–Trinajstić information content (AvgIpc) is 2.81. The summed E-state index contributed by atoms with van der Waals surface area (Å²) in [5.41, 5.74) is 1.47. The van der Waals surface area contributed by atoms with E-state index < -0.39 is 10.0 Å². The van der Waals surface area contributed by atoms with Gasteiger partial charge in [0.2, 0.25) is 21.8 Å². The summed E-state index contributed by atoms with van der Waals surface area (Å²) in [5.74, 6) is -0.202. The monoisotopic (exact) mass is 489 g/mol. The number of thioether (sulfide) groups is 1. The van der Waals surface area contributed by atoms with Gasteiger partial charge in [0.05, 0.1) is 16.3 Å². The second kappa shape index (κ2) is 11.2. The number of carbonyl (C=O) groups is 2. The number of hydrogen-bond donors (Lipinski definition) is 0. The highest BCUT2D eigenvalue weighted by molar-refractivity contribution is 8.00. The standard InChI is InChI=1S/C24H31N3O4S2/c1-4-13-26(14-5-2)33(30,31)20-11-12-22-21(15-20)27(24(29)18-32-22)17-23(28)25(3)16-19-9-7-6-8-10-19/h6-12,15H,4-5,13-14,16-18H2,1-3H3. The molecule has 0 fully saturated rings. The number of amides is 2. The third kappa shape index (κ3) is 5.96. The molecule has 0 spiro atoms. The van der Waals surface area contributed by atoms with Gasteiger partial charge in [-0.25, -0.2) is 8.42 Å². The lowest BCUT2D eigenvalue weighted by molar-refractivity contribution is -0.130. The van der Waals surface area contributed by atoms with E-state index in [9.17, 15) is 18.0 Å². The van der Waals surface area contributed by atoms with E-state index in [1.165, 1.54) is 27.0 Å². The lowest BCUT2D eigenvalue weighted by Crippen LogP contribution is -2.43. The van der Waals surface area contributed by atoms with Gasteiger partial charge in [0.25, 0.3) is 0 Å². The molecule has 0 bridgehead atoms. The van der Waals surface area contributed by atoms with Crippen LogP contribution in [-0.4, -0.2) is 61.9 Å². The largest absolute Gasteiger partial charge is 0.340 e. The molecule has 0 radical (unpaired) electrons. The van der Waals surface area contributed by atoms with Crippen molar-refractivity contribution in [1.82, 2.24) is 9.21 Å². The first-order chi connectivity index (χ1) is 15.8. The zero-order chi connectivity index (χ0) is 24.0. The number of likely N-dealkylation sites (N-methyl/N-ethyl adjacent to an activating group) is 1. The molecule has 9 heteroatoms. The van der Waals surface area contributed by atoms with Gasteiger partial charge in [-0.3, -0.25) is 9.59 Å². The maximum Gasteiger partial charge on any atom is 0.243 e. The molecule has 0 saturated heterocycles. The van der Waals surface area contributed by atoms with Crippen LogP contribution in [0.25, 0.3) is 0 Å². The van der Waals surface area contributed by atoms with Crippen molar-refractivity contribution in [3.8, 4) is 0 Å². The zero-order valence-corrected chi connectivity index (χ0v) is 21.0. The van der Waals surface area contributed by atoms with Crippen molar-refractivity contribution in [2.24, 2.45) is 0 Å². The van der Waals surface area contributed by atoms with Crippen LogP contribution in [0.3, 0.4) is 0 Å². The predicted molar refractivity (Wildman–Crippen MR) is 132 cm³/mol. The lowest BCUT2D eigenvalue weighted by Gasteiger charge is -2.31. The molecule has 0 N–H and O–H groups in total. The van der Waals surface area contributed by atoms with Crippen LogP contribution in [-0.2, 0) is 26.2 Å². The van der Waals surface area contributed by atoms with E-state index in [1.807, 2.05) is 44.2 Å². The van der Waals surface area contributed by atoms with E-state index >= 15 is 0 Å². The van der Waals surface area contributed by atoms with Crippen LogP contribution in [0.4, 0.5) is 5.69 Å². The summed E-state index contributed by atoms with van der Waals surface area (Å²) in [4.78, 5) is 29.6. The third-order valence-corrected chi connectivity index (χ3v) is 8.38. The molecule has 2 amide bonds. The molecule has 2 aromatic rings. The van der Waals surface area contributed by atoms with Crippen LogP contribution in [0.15, 0.2) is 58.3 Å². The average molecular weight is 490 g/mol. The number of sulfonamides is 1. The van der Waals surface area contributed by atoms with Crippen molar-refractivity contribution < 1.29 is 18.0 Å². The molecule has 1 heterocycles. The normalized spacial score (nSPS) is 13.8. The summed E-state index contributed by atoms with van der Waals surface area (Å²) in [6, 6.07) is 14.5. The molecule has 178 valence electrons. The molecular formula is C24H31N3O4S2. The number of rotatable bonds is 10. The zero-order valence-electron chi connectivity index (χ0n) is 19.4. The predicted octanol–water partition coefficient (Wildman–Crippen LogP) is 3.59. The number of carbonyl (C=O) groups excluding carboxylic acids is 2. The van der Waals surface area contributed by atoms with Crippen LogP contribution < -0.4 is 4.90 Å². The highest BCUT2D eigenvalue weighted by Crippen LogP contribution is 2.37. The van der Waals surface area contributed by atoms with Gasteiger partial charge in [-0.2, -0.15) is 4.31 Å². The van der Waals surface area contributed by atoms with E-state index in [2.05, 4.69) is 0 Å². The van der Waals surface area contributed by atoms with E-state index in [1.54, 1.807) is 24.1 Å². The Hall–Kier alpha value is -2.36. The fourth-order valence-electron chi connectivity index (χ4n) is 3.72. The number of nitrogens with zero attached hydrogens (tertiary/aromatic N) is 3. The summed E-state index contributed by atoms with van der Waals surface area (Å²) in [6.07, 6.45) is 1.43. The van der Waals surface area contributed by atoms with Gasteiger partial charge in [0, 0.05) is 31.6 Å². The maximum atomic E-state index is 13.3. The number of benzene rings is 2. The van der Waals surface area contributed by atoms with Crippen molar-refractivity contribution in [2.45, 2.75) is 43.0 Å². The molecule has 7 nitrogen and oxygen atoms in total. The molecule has 33 heavy (non-hydrogen) atoms. The second-order valence-corrected chi connectivity index (χ2v) is 11.0. The minimum Gasteiger partial charge on any atom is -0.340 e. The molecule has 0 unspecified atom stereocenters. The van der Waals surface area contributed by atoms with Gasteiger partial charge in [-0.15, -0.1) is 11.8 Å². The second-order valence-electron chi connectivity index (χ2n) is 8.04. The van der Waals surface area contributed by atoms with Crippen molar-refractivity contribution in [3.05, 3.63) is 54.1 Å². The van der Waals surface area contributed by atoms with E-state index in [4.69, 9.17) is 0 Å². The Balaban J connectivity index is 1.86. The van der Waals surface area contributed by atoms with Crippen LogP contribution in [0, 0.1) is 0 Å². The van der Waals surface area contributed by atoms with E-state index in [-0.39, 0.29) is 29.0 Å². The molecule has 0 saturated carbocycles. The molecular weight excluding hydrogens is 458 g/mol. The highest BCUT2D eigenvalue weighted by Gasteiger charge is 2.31. The van der Waals surface area contributed by atoms with Crippen molar-refractivity contribution in [1.29, 1.82) is 0 Å². The Morgan fingerprint density at radius 3 is 2.36 bits per heavy atom. The van der Waals surface area contributed by atoms with Crippen LogP contribution in [0.5, 0.6) is 0 Å². The quantitative estimate of drug-likeness (QED) is 0.510. The van der Waals surface area contributed by atoms with Gasteiger partial charge in [0.15, 0.2) is 0 Å². The molecule has 3 rings (SSSR count). The molecule has 2 aromatic carbocycles. The number of hydrogen-bond acceptors (Lipinski definition) is 5. The fourth-order valence-corrected chi connectivity index (χ4v) is 6.28. The summed E-state index contributed by atoms with van der Waals surface area (Å²) in [7, 11) is -1.99. The minimum atomic E-state index is -3.69. The molecule has 0 aromatic heterocycles. The Morgan fingerprint density at radius 2 is 1.73 bits per heavy atom. The van der Waals surface area contributed by atoms with Crippen molar-refractivity contribution in [2.75, 3.05) is 37.3 Å². The van der Waals surface area contributed by atoms with Gasteiger partial charge in [0.1, 0.15) is 6.54 Å². The first-order valence-electron chi connectivity index (χ1n) is 11.1. The molecule has 0 atom stereocenters. The molecule has 1 aliphatic rings. The van der Waals surface area contributed by atoms with Crippen molar-refractivity contribution >= 4 is 39.3 Å². The Labute approximate surface area is 200 Å². The molecule has 1 aliphatic heterocycles. The summed E-state index contributed by atoms with van der Waals surface area (Å²) >= 11 is 1.36. The van der Waals surface area contributed by atoms with Gasteiger partial charge >= 0.3 is 0 Å². The number of fused-ring (bicyclic) bond motifs is 1. The van der Waals surface area contributed by atoms with Crippen LogP contribution in [0.2, 0.25) is 0 Å². The van der Waals surface area contributed by atoms with Gasteiger partial charge < -0.3 is 9.80 Å². The maximum absolute atomic E-state index is 13.3. The SMILES string of the molecule is CCCN(CCC)S(=O)(=O)c1ccc2c(c1)N(CC(=O)N(C)Cc1ccccc1)C(=O)CS2. The first-order valence-corrected chi connectivity index (χ1v) is 13.6. The van der Waals surface area contributed by atoms with E-state index in [0.29, 0.717) is 38.2 Å². The first kappa shape index (κ1) is 25.3. The lowest BCUT2D eigenvalue weighted by atomic mass is 10.2. The number of anilines is 1. The van der Waals surface area contributed by atoms with Crippen molar-refractivity contribution in [3.63, 3.8) is 0 Å². The summed E-state index contributed by atoms with van der Waals surface area (Å²) < 4.78 is 28.0. The Morgan fingerprint density at radius 1 is 1.06 bits per heavy atom. The van der Waals surface area contributed by atoms with Gasteiger partial charge in [-0.05, 0) is 36.6 Å². The summed E-state index contributed by atoms with van der Waals surface area (Å²) in [6.45, 7) is 5.06. The fraction of sp³-hybridized carbons (Fsp3) is 0.417. The van der Waals surface area contributed by atoms with Gasteiger partial charge in [-0.1, -0.05) is 44.2 Å². The Bertz CT molecular complexity index is 1080.